The van der Waals surface area contributed by atoms with Crippen LogP contribution < -0.4 is 5.32 Å². The smallest absolute Gasteiger partial charge is 0.306 e. The molecule has 1 amide bonds. The fourth-order valence-corrected chi connectivity index (χ4v) is 8.33. The molecule has 1 aliphatic rings. The highest BCUT2D eigenvalue weighted by Crippen LogP contribution is 2.26. The molecule has 1 fully saturated rings. The Morgan fingerprint density at radius 3 is 1.54 bits per heavy atom. The molecule has 8 unspecified atom stereocenters. The normalized spacial score (nSPS) is 20.4. The van der Waals surface area contributed by atoms with E-state index in [2.05, 4.69) is 32.2 Å². The van der Waals surface area contributed by atoms with Crippen molar-refractivity contribution in [3.8, 4) is 0 Å². The van der Waals surface area contributed by atoms with Gasteiger partial charge < -0.3 is 45.1 Å². The third-order valence-electron chi connectivity index (χ3n) is 12.8. The van der Waals surface area contributed by atoms with E-state index in [1.807, 2.05) is 60.8 Å². The summed E-state index contributed by atoms with van der Waals surface area (Å²) in [5, 5.41) is 56.6. The highest BCUT2D eigenvalue weighted by Gasteiger charge is 2.47. The van der Waals surface area contributed by atoms with Gasteiger partial charge in [-0.15, -0.1) is 0 Å². The van der Waals surface area contributed by atoms with Crippen molar-refractivity contribution >= 4 is 11.9 Å². The van der Waals surface area contributed by atoms with E-state index < -0.39 is 67.4 Å². The molecule has 1 rings (SSSR count). The first kappa shape index (κ1) is 64.1. The second-order valence-electron chi connectivity index (χ2n) is 19.1. The molecule has 0 bridgehead atoms. The van der Waals surface area contributed by atoms with Gasteiger partial charge in [0.15, 0.2) is 12.4 Å². The zero-order valence-electron chi connectivity index (χ0n) is 43.7. The number of hydrogen-bond donors (Lipinski definition) is 6. The molecule has 11 heteroatoms. The van der Waals surface area contributed by atoms with Gasteiger partial charge >= 0.3 is 5.97 Å². The Morgan fingerprint density at radius 2 is 1.04 bits per heavy atom. The van der Waals surface area contributed by atoms with E-state index in [1.54, 1.807) is 6.08 Å². The molecule has 0 spiro atoms. The van der Waals surface area contributed by atoms with Gasteiger partial charge in [0.1, 0.15) is 24.4 Å². The first-order valence-corrected chi connectivity index (χ1v) is 27.8. The molecule has 0 aromatic carbocycles. The van der Waals surface area contributed by atoms with E-state index in [0.717, 1.165) is 51.4 Å². The first-order valence-electron chi connectivity index (χ1n) is 27.8. The first-order chi connectivity index (χ1) is 33.7. The van der Waals surface area contributed by atoms with Gasteiger partial charge in [-0.05, 0) is 38.5 Å². The number of ether oxygens (including phenoxy) is 3. The maximum Gasteiger partial charge on any atom is 0.306 e. The van der Waals surface area contributed by atoms with Crippen LogP contribution in [0.2, 0.25) is 0 Å². The fourth-order valence-electron chi connectivity index (χ4n) is 8.33. The van der Waals surface area contributed by atoms with E-state index in [1.165, 1.54) is 122 Å². The predicted molar refractivity (Wildman–Crippen MR) is 283 cm³/mol. The molecule has 1 saturated heterocycles. The second-order valence-corrected chi connectivity index (χ2v) is 19.1. The number of unbranched alkanes of at least 4 members (excludes halogenated alkanes) is 25. The van der Waals surface area contributed by atoms with Gasteiger partial charge in [0.2, 0.25) is 5.91 Å². The van der Waals surface area contributed by atoms with Crippen LogP contribution in [0.4, 0.5) is 0 Å². The monoisotopic (exact) mass is 972 g/mol. The van der Waals surface area contributed by atoms with Crippen molar-refractivity contribution in [2.75, 3.05) is 13.2 Å². The highest BCUT2D eigenvalue weighted by molar-refractivity contribution is 5.80. The van der Waals surface area contributed by atoms with Crippen molar-refractivity contribution in [2.24, 2.45) is 0 Å². The molecule has 0 aromatic heterocycles. The molecular formula is C58H101NO10. The molecule has 1 heterocycles. The molecule has 0 aromatic rings. The van der Waals surface area contributed by atoms with Gasteiger partial charge in [0.25, 0.3) is 0 Å². The van der Waals surface area contributed by atoms with Crippen LogP contribution in [0.3, 0.4) is 0 Å². The molecule has 69 heavy (non-hydrogen) atoms. The summed E-state index contributed by atoms with van der Waals surface area (Å²) in [6.45, 7) is 5.58. The highest BCUT2D eigenvalue weighted by atomic mass is 16.7. The van der Waals surface area contributed by atoms with Crippen molar-refractivity contribution in [3.05, 3.63) is 72.9 Å². The molecule has 398 valence electrons. The van der Waals surface area contributed by atoms with Crippen LogP contribution >= 0.6 is 0 Å². The minimum absolute atomic E-state index is 0.115. The van der Waals surface area contributed by atoms with Gasteiger partial charge in [-0.3, -0.25) is 9.59 Å². The maximum absolute atomic E-state index is 13.3. The van der Waals surface area contributed by atoms with Crippen LogP contribution in [0.1, 0.15) is 220 Å². The minimum atomic E-state index is -1.62. The summed E-state index contributed by atoms with van der Waals surface area (Å²) in [4.78, 5) is 26.4. The lowest BCUT2D eigenvalue weighted by Crippen LogP contribution is -2.61. The van der Waals surface area contributed by atoms with Crippen LogP contribution in [0.25, 0.3) is 0 Å². The molecule has 0 radical (unpaired) electrons. The Labute approximate surface area is 420 Å². The number of nitrogens with one attached hydrogen (secondary N) is 1. The number of carbonyl (C=O) groups excluding carboxylic acids is 2. The molecular weight excluding hydrogens is 871 g/mol. The summed E-state index contributed by atoms with van der Waals surface area (Å²) in [5.74, 6) is -1.27. The summed E-state index contributed by atoms with van der Waals surface area (Å²) in [5.41, 5.74) is 0. The van der Waals surface area contributed by atoms with Crippen molar-refractivity contribution in [1.82, 2.24) is 5.32 Å². The van der Waals surface area contributed by atoms with Crippen LogP contribution in [0, 0.1) is 0 Å². The van der Waals surface area contributed by atoms with Gasteiger partial charge in [-0.2, -0.15) is 0 Å². The minimum Gasteiger partial charge on any atom is -0.454 e. The van der Waals surface area contributed by atoms with E-state index in [0.29, 0.717) is 12.8 Å². The quantitative estimate of drug-likeness (QED) is 0.0149. The van der Waals surface area contributed by atoms with Gasteiger partial charge in [-0.1, -0.05) is 248 Å². The topological polar surface area (TPSA) is 175 Å². The fraction of sp³-hybridized carbons (Fsp3) is 0.759. The van der Waals surface area contributed by atoms with Crippen molar-refractivity contribution < 1.29 is 49.3 Å². The summed E-state index contributed by atoms with van der Waals surface area (Å²) in [7, 11) is 0. The lowest BCUT2D eigenvalue weighted by Gasteiger charge is -2.41. The average molecular weight is 972 g/mol. The maximum atomic E-state index is 13.3. The van der Waals surface area contributed by atoms with Gasteiger partial charge in [0, 0.05) is 6.42 Å². The Hall–Kier alpha value is -2.90. The number of hydrogen-bond acceptors (Lipinski definition) is 10. The lowest BCUT2D eigenvalue weighted by molar-refractivity contribution is -0.305. The summed E-state index contributed by atoms with van der Waals surface area (Å²) in [6, 6.07) is -1.06. The number of esters is 1. The Balaban J connectivity index is 2.80. The number of amides is 1. The molecule has 6 N–H and O–H groups in total. The van der Waals surface area contributed by atoms with Crippen LogP contribution in [0.5, 0.6) is 0 Å². The van der Waals surface area contributed by atoms with Crippen LogP contribution in [0.15, 0.2) is 72.9 Å². The van der Waals surface area contributed by atoms with E-state index in [4.69, 9.17) is 14.2 Å². The number of aliphatic hydroxyl groups is 5. The Morgan fingerprint density at radius 1 is 0.580 bits per heavy atom. The number of aliphatic hydroxyl groups excluding tert-OH is 5. The number of rotatable bonds is 45. The van der Waals surface area contributed by atoms with E-state index in [-0.39, 0.29) is 19.4 Å². The third-order valence-corrected chi connectivity index (χ3v) is 12.8. The Kier molecular flexibility index (Phi) is 42.9. The third kappa shape index (κ3) is 35.0. The molecule has 0 aliphatic carbocycles. The number of allylic oxidation sites excluding steroid dienone is 11. The summed E-state index contributed by atoms with van der Waals surface area (Å²) >= 11 is 0. The summed E-state index contributed by atoms with van der Waals surface area (Å²) in [6.07, 6.45) is 46.8. The SMILES string of the molecule is CC/C=C/C=C/C=C\C=C/C=C/CCC(O)C(=O)NC(COC1OC(CO)C(O)C(O)C1OC(=O)CCCCCCCCCCCCCCCCC)C(O)/C=C/CCCCCCCCCCCCC. The average Bonchev–Trinajstić information content (AvgIpc) is 3.34. The van der Waals surface area contributed by atoms with Crippen molar-refractivity contribution in [3.63, 3.8) is 0 Å². The van der Waals surface area contributed by atoms with Gasteiger partial charge in [-0.25, -0.2) is 0 Å². The van der Waals surface area contributed by atoms with Crippen LogP contribution in [-0.2, 0) is 23.8 Å². The standard InChI is InChI=1S/C58H101NO10/c1-4-7-10-13-16-19-22-25-26-28-31-34-37-40-43-46-53(63)69-56-55(65)54(64)52(47-60)68-58(56)67-48-49(50(61)44-41-38-35-32-30-27-23-20-17-14-11-8-5-2)59-57(66)51(62)45-42-39-36-33-29-24-21-18-15-12-9-6-3/h9,12,15,18,21,24,29,33,36,39,41,44,49-52,54-56,58,60-62,64-65H,4-8,10-11,13-14,16-17,19-20,22-23,25-28,30-32,34-35,37-38,40,42-43,45-48H2,1-3H3,(H,59,66)/b12-9+,18-15+,24-21-,33-29-,39-36+,44-41+. The second kappa shape index (κ2) is 46.2. The Bertz CT molecular complexity index is 1390. The van der Waals surface area contributed by atoms with Gasteiger partial charge in [0.05, 0.1) is 25.4 Å². The van der Waals surface area contributed by atoms with Crippen LogP contribution in [-0.4, -0.2) is 99.6 Å². The zero-order valence-corrected chi connectivity index (χ0v) is 43.7. The van der Waals surface area contributed by atoms with Crippen molar-refractivity contribution in [2.45, 2.75) is 269 Å². The molecule has 11 nitrogen and oxygen atoms in total. The van der Waals surface area contributed by atoms with E-state index in [9.17, 15) is 35.1 Å². The largest absolute Gasteiger partial charge is 0.454 e. The summed E-state index contributed by atoms with van der Waals surface area (Å²) < 4.78 is 17.5. The zero-order chi connectivity index (χ0) is 50.4. The predicted octanol–water partition coefficient (Wildman–Crippen LogP) is 12.1. The lowest BCUT2D eigenvalue weighted by atomic mass is 9.99. The number of carbonyl (C=O) groups is 2. The molecule has 8 atom stereocenters. The molecule has 1 aliphatic heterocycles. The van der Waals surface area contributed by atoms with Crippen molar-refractivity contribution in [1.29, 1.82) is 0 Å². The van der Waals surface area contributed by atoms with E-state index >= 15 is 0 Å². The molecule has 0 saturated carbocycles.